The van der Waals surface area contributed by atoms with Crippen molar-refractivity contribution in [1.82, 2.24) is 14.6 Å². The second kappa shape index (κ2) is 8.25. The van der Waals surface area contributed by atoms with Gasteiger partial charge in [-0.05, 0) is 51.7 Å². The zero-order valence-electron chi connectivity index (χ0n) is 19.8. The second-order valence-corrected chi connectivity index (χ2v) is 10.2. The minimum Gasteiger partial charge on any atom is -0.484 e. The number of hydrogen-bond donors (Lipinski definition) is 3. The minimum atomic E-state index is -0.719. The van der Waals surface area contributed by atoms with E-state index in [0.29, 0.717) is 23.3 Å². The van der Waals surface area contributed by atoms with Gasteiger partial charge in [0.15, 0.2) is 5.65 Å². The Kier molecular flexibility index (Phi) is 5.49. The van der Waals surface area contributed by atoms with E-state index in [0.717, 1.165) is 42.9 Å². The molecule has 0 saturated carbocycles. The van der Waals surface area contributed by atoms with Crippen molar-refractivity contribution < 1.29 is 19.7 Å². The quantitative estimate of drug-likeness (QED) is 0.531. The van der Waals surface area contributed by atoms with Crippen LogP contribution >= 0.6 is 0 Å². The second-order valence-electron chi connectivity index (χ2n) is 10.2. The maximum Gasteiger partial charge on any atom is 0.261 e. The maximum absolute atomic E-state index is 13.3. The predicted molar refractivity (Wildman–Crippen MR) is 128 cm³/mol. The van der Waals surface area contributed by atoms with Crippen molar-refractivity contribution in [2.24, 2.45) is 5.92 Å². The van der Waals surface area contributed by atoms with E-state index >= 15 is 0 Å². The standard InChI is InChI=1S/C25H31N5O4/c1-24(2,33)17-5-9-29(10-6-17)20-12-21-16(13-25(3,15-31)34-21)11-19(20)28-23(32)18-14-27-30-8-4-7-26-22(18)30/h4,7-8,11-12,14,17,31,33H,5-6,9-10,13,15H2,1-3H3,(H,28,32)/t25-/m0/s1. The van der Waals surface area contributed by atoms with Gasteiger partial charge in [-0.25, -0.2) is 9.50 Å². The third kappa shape index (κ3) is 4.10. The lowest BCUT2D eigenvalue weighted by atomic mass is 9.83. The fraction of sp³-hybridized carbons (Fsp3) is 0.480. The van der Waals surface area contributed by atoms with Crippen molar-refractivity contribution in [3.8, 4) is 5.75 Å². The summed E-state index contributed by atoms with van der Waals surface area (Å²) in [7, 11) is 0. The monoisotopic (exact) mass is 465 g/mol. The molecule has 4 heterocycles. The number of hydrogen-bond acceptors (Lipinski definition) is 7. The van der Waals surface area contributed by atoms with Gasteiger partial charge in [0.2, 0.25) is 0 Å². The first-order valence-corrected chi connectivity index (χ1v) is 11.7. The van der Waals surface area contributed by atoms with Gasteiger partial charge < -0.3 is 25.2 Å². The van der Waals surface area contributed by atoms with E-state index in [-0.39, 0.29) is 18.4 Å². The molecule has 2 aliphatic heterocycles. The molecule has 1 fully saturated rings. The number of aromatic nitrogens is 3. The Hall–Kier alpha value is -3.17. The van der Waals surface area contributed by atoms with Gasteiger partial charge in [-0.3, -0.25) is 4.79 Å². The highest BCUT2D eigenvalue weighted by molar-refractivity contribution is 6.09. The lowest BCUT2D eigenvalue weighted by molar-refractivity contribution is 0.00651. The number of carbonyl (C=O) groups is 1. The van der Waals surface area contributed by atoms with Crippen LogP contribution in [0.25, 0.3) is 5.65 Å². The Morgan fingerprint density at radius 3 is 2.79 bits per heavy atom. The molecule has 180 valence electrons. The number of fused-ring (bicyclic) bond motifs is 2. The van der Waals surface area contributed by atoms with Crippen molar-refractivity contribution in [2.45, 2.75) is 51.2 Å². The summed E-state index contributed by atoms with van der Waals surface area (Å²) < 4.78 is 7.66. The molecule has 5 rings (SSSR count). The molecule has 9 heteroatoms. The highest BCUT2D eigenvalue weighted by atomic mass is 16.5. The van der Waals surface area contributed by atoms with Crippen LogP contribution < -0.4 is 15.0 Å². The van der Waals surface area contributed by atoms with Gasteiger partial charge in [0, 0.05) is 43.5 Å². The number of anilines is 2. The zero-order chi connectivity index (χ0) is 24.1. The summed E-state index contributed by atoms with van der Waals surface area (Å²) in [6, 6.07) is 5.67. The summed E-state index contributed by atoms with van der Waals surface area (Å²) in [5.41, 5.74) is 1.99. The Labute approximate surface area is 198 Å². The molecule has 9 nitrogen and oxygen atoms in total. The number of benzene rings is 1. The Bertz CT molecular complexity index is 1230. The minimum absolute atomic E-state index is 0.0935. The first-order chi connectivity index (χ1) is 16.2. The van der Waals surface area contributed by atoms with Crippen molar-refractivity contribution in [2.75, 3.05) is 29.9 Å². The normalized spacial score (nSPS) is 20.9. The molecule has 0 spiro atoms. The summed E-state index contributed by atoms with van der Waals surface area (Å²) >= 11 is 0. The highest BCUT2D eigenvalue weighted by Crippen LogP contribution is 2.43. The number of amides is 1. The van der Waals surface area contributed by atoms with E-state index in [1.807, 2.05) is 32.9 Å². The molecule has 2 aliphatic rings. The zero-order valence-corrected chi connectivity index (χ0v) is 19.8. The van der Waals surface area contributed by atoms with E-state index in [2.05, 4.69) is 20.3 Å². The Balaban J connectivity index is 1.47. The van der Waals surface area contributed by atoms with Crippen LogP contribution in [0, 0.1) is 5.92 Å². The molecule has 1 saturated heterocycles. The van der Waals surface area contributed by atoms with Crippen LogP contribution in [0.1, 0.15) is 49.5 Å². The molecule has 0 bridgehead atoms. The molecule has 0 aliphatic carbocycles. The van der Waals surface area contributed by atoms with Crippen LogP contribution in [-0.4, -0.2) is 61.6 Å². The largest absolute Gasteiger partial charge is 0.484 e. The molecule has 0 radical (unpaired) electrons. The molecular weight excluding hydrogens is 434 g/mol. The van der Waals surface area contributed by atoms with Crippen LogP contribution in [0.2, 0.25) is 0 Å². The third-order valence-corrected chi connectivity index (χ3v) is 7.04. The van der Waals surface area contributed by atoms with Crippen LogP contribution in [0.5, 0.6) is 5.75 Å². The number of carbonyl (C=O) groups excluding carboxylic acids is 1. The van der Waals surface area contributed by atoms with Gasteiger partial charge >= 0.3 is 0 Å². The highest BCUT2D eigenvalue weighted by Gasteiger charge is 2.37. The van der Waals surface area contributed by atoms with Gasteiger partial charge in [0.25, 0.3) is 5.91 Å². The lowest BCUT2D eigenvalue weighted by Crippen LogP contribution is -2.42. The molecule has 1 atom stereocenters. The number of nitrogens with one attached hydrogen (secondary N) is 1. The van der Waals surface area contributed by atoms with Gasteiger partial charge in [-0.2, -0.15) is 5.10 Å². The van der Waals surface area contributed by atoms with E-state index < -0.39 is 11.2 Å². The molecule has 34 heavy (non-hydrogen) atoms. The third-order valence-electron chi connectivity index (χ3n) is 7.04. The topological polar surface area (TPSA) is 112 Å². The molecule has 3 N–H and O–H groups in total. The Morgan fingerprint density at radius 1 is 1.32 bits per heavy atom. The summed E-state index contributed by atoms with van der Waals surface area (Å²) in [6.45, 7) is 7.02. The summed E-state index contributed by atoms with van der Waals surface area (Å²) in [4.78, 5) is 19.8. The van der Waals surface area contributed by atoms with Crippen LogP contribution in [-0.2, 0) is 6.42 Å². The molecule has 1 amide bonds. The number of aliphatic hydroxyl groups excluding tert-OH is 1. The number of aliphatic hydroxyl groups is 2. The summed E-state index contributed by atoms with van der Waals surface area (Å²) in [6.07, 6.45) is 7.16. The molecule has 3 aromatic rings. The average Bonchev–Trinajstić information content (AvgIpc) is 3.38. The van der Waals surface area contributed by atoms with Crippen molar-refractivity contribution >= 4 is 22.9 Å². The lowest BCUT2D eigenvalue weighted by Gasteiger charge is -2.39. The van der Waals surface area contributed by atoms with Gasteiger partial charge in [0.05, 0.1) is 29.8 Å². The van der Waals surface area contributed by atoms with E-state index in [9.17, 15) is 15.0 Å². The fourth-order valence-corrected chi connectivity index (χ4v) is 5.01. The van der Waals surface area contributed by atoms with E-state index in [1.54, 1.807) is 23.0 Å². The number of rotatable bonds is 5. The molecular formula is C25H31N5O4. The summed E-state index contributed by atoms with van der Waals surface area (Å²) in [5, 5.41) is 27.6. The number of ether oxygens (including phenoxy) is 1. The fourth-order valence-electron chi connectivity index (χ4n) is 5.01. The smallest absolute Gasteiger partial charge is 0.261 e. The number of piperidine rings is 1. The van der Waals surface area contributed by atoms with Crippen LogP contribution in [0.15, 0.2) is 36.8 Å². The van der Waals surface area contributed by atoms with Crippen LogP contribution in [0.4, 0.5) is 11.4 Å². The summed E-state index contributed by atoms with van der Waals surface area (Å²) in [5.74, 6) is 0.659. The first kappa shape index (κ1) is 22.6. The first-order valence-electron chi connectivity index (χ1n) is 11.7. The van der Waals surface area contributed by atoms with Gasteiger partial charge in [0.1, 0.15) is 16.9 Å². The Morgan fingerprint density at radius 2 is 2.09 bits per heavy atom. The maximum atomic E-state index is 13.3. The molecule has 0 unspecified atom stereocenters. The van der Waals surface area contributed by atoms with Crippen LogP contribution in [0.3, 0.4) is 0 Å². The molecule has 2 aromatic heterocycles. The van der Waals surface area contributed by atoms with Crippen molar-refractivity contribution in [1.29, 1.82) is 0 Å². The predicted octanol–water partition coefficient (Wildman–Crippen LogP) is 2.65. The van der Waals surface area contributed by atoms with E-state index in [1.165, 1.54) is 6.20 Å². The van der Waals surface area contributed by atoms with Gasteiger partial charge in [-0.1, -0.05) is 0 Å². The van der Waals surface area contributed by atoms with Gasteiger partial charge in [-0.15, -0.1) is 0 Å². The average molecular weight is 466 g/mol. The van der Waals surface area contributed by atoms with E-state index in [4.69, 9.17) is 4.74 Å². The SMILES string of the molecule is CC(C)(O)C1CCN(c2cc3c(cc2NC(=O)c2cnn4cccnc24)C[C@@](C)(CO)O3)CC1. The van der Waals surface area contributed by atoms with Crippen molar-refractivity contribution in [3.63, 3.8) is 0 Å². The molecule has 1 aromatic carbocycles. The van der Waals surface area contributed by atoms with Crippen molar-refractivity contribution in [3.05, 3.63) is 47.9 Å². The number of nitrogens with zero attached hydrogens (tertiary/aromatic N) is 4.